The van der Waals surface area contributed by atoms with Crippen LogP contribution < -0.4 is 15.5 Å². The monoisotopic (exact) mass is 498 g/mol. The molecule has 0 saturated carbocycles. The molecule has 4 rings (SSSR count). The van der Waals surface area contributed by atoms with E-state index in [1.807, 2.05) is 42.5 Å². The minimum absolute atomic E-state index is 0.233. The molecule has 0 atom stereocenters. The van der Waals surface area contributed by atoms with Crippen LogP contribution in [0.3, 0.4) is 0 Å². The van der Waals surface area contributed by atoms with Crippen molar-refractivity contribution >= 4 is 29.6 Å². The van der Waals surface area contributed by atoms with E-state index >= 15 is 0 Å². The Bertz CT molecular complexity index is 1280. The van der Waals surface area contributed by atoms with Gasteiger partial charge in [-0.1, -0.05) is 48.0 Å². The van der Waals surface area contributed by atoms with Crippen molar-refractivity contribution in [3.05, 3.63) is 95.3 Å². The Morgan fingerprint density at radius 3 is 2.43 bits per heavy atom. The van der Waals surface area contributed by atoms with Crippen molar-refractivity contribution < 1.29 is 17.9 Å². The molecule has 0 aliphatic rings. The van der Waals surface area contributed by atoms with Crippen LogP contribution in [0.15, 0.2) is 84.1 Å². The summed E-state index contributed by atoms with van der Waals surface area (Å²) >= 11 is 5.84. The van der Waals surface area contributed by atoms with E-state index in [-0.39, 0.29) is 11.7 Å². The number of pyridine rings is 1. The van der Waals surface area contributed by atoms with E-state index in [9.17, 15) is 13.2 Å². The van der Waals surface area contributed by atoms with E-state index < -0.39 is 6.36 Å². The lowest BCUT2D eigenvalue weighted by molar-refractivity contribution is -0.274. The van der Waals surface area contributed by atoms with Crippen LogP contribution in [0.2, 0.25) is 5.15 Å². The summed E-state index contributed by atoms with van der Waals surface area (Å²) in [5.41, 5.74) is 5.80. The zero-order valence-corrected chi connectivity index (χ0v) is 18.8. The fraction of sp³-hybridized carbons (Fsp3) is 0.0833. The van der Waals surface area contributed by atoms with Crippen molar-refractivity contribution in [2.45, 2.75) is 12.9 Å². The van der Waals surface area contributed by atoms with Gasteiger partial charge in [-0.2, -0.15) is 10.1 Å². The van der Waals surface area contributed by atoms with Gasteiger partial charge in [0.05, 0.1) is 11.9 Å². The van der Waals surface area contributed by atoms with E-state index in [1.54, 1.807) is 12.3 Å². The molecule has 2 heterocycles. The van der Waals surface area contributed by atoms with Crippen molar-refractivity contribution in [3.63, 3.8) is 0 Å². The van der Waals surface area contributed by atoms with Crippen LogP contribution in [0.4, 0.5) is 24.9 Å². The van der Waals surface area contributed by atoms with E-state index in [4.69, 9.17) is 11.6 Å². The van der Waals surface area contributed by atoms with Gasteiger partial charge < -0.3 is 10.1 Å². The molecule has 0 fully saturated rings. The van der Waals surface area contributed by atoms with E-state index in [1.165, 1.54) is 30.5 Å². The van der Waals surface area contributed by atoms with Crippen LogP contribution in [-0.4, -0.2) is 27.5 Å². The van der Waals surface area contributed by atoms with Crippen molar-refractivity contribution in [1.82, 2.24) is 15.0 Å². The van der Waals surface area contributed by atoms with Crippen LogP contribution in [0, 0.1) is 0 Å². The lowest BCUT2D eigenvalue weighted by atomic mass is 10.1. The van der Waals surface area contributed by atoms with Gasteiger partial charge in [0.2, 0.25) is 5.95 Å². The maximum atomic E-state index is 12.3. The number of anilines is 2. The molecule has 4 aromatic rings. The zero-order chi connectivity index (χ0) is 24.7. The number of hydrogen-bond donors (Lipinski definition) is 2. The highest BCUT2D eigenvalue weighted by atomic mass is 35.5. The summed E-state index contributed by atoms with van der Waals surface area (Å²) in [5.74, 6) is 0.477. The molecule has 2 N–H and O–H groups in total. The molecule has 0 aliphatic carbocycles. The number of hydrazone groups is 1. The molecule has 11 heteroatoms. The quantitative estimate of drug-likeness (QED) is 0.172. The first-order valence-corrected chi connectivity index (χ1v) is 10.7. The summed E-state index contributed by atoms with van der Waals surface area (Å²) in [4.78, 5) is 13.0. The molecule has 0 spiro atoms. The third-order valence-electron chi connectivity index (χ3n) is 4.55. The fourth-order valence-electron chi connectivity index (χ4n) is 2.97. The predicted octanol–water partition coefficient (Wildman–Crippen LogP) is 6.15. The number of hydrogen-bond acceptors (Lipinski definition) is 7. The second kappa shape index (κ2) is 10.8. The lowest BCUT2D eigenvalue weighted by Crippen LogP contribution is -2.17. The van der Waals surface area contributed by atoms with Crippen LogP contribution in [-0.2, 0) is 6.54 Å². The van der Waals surface area contributed by atoms with Gasteiger partial charge in [-0.15, -0.1) is 13.2 Å². The lowest BCUT2D eigenvalue weighted by Gasteiger charge is -2.10. The molecular weight excluding hydrogens is 481 g/mol. The average molecular weight is 499 g/mol. The van der Waals surface area contributed by atoms with Gasteiger partial charge in [-0.25, -0.2) is 15.4 Å². The molecular formula is C24H18ClF3N6O. The van der Waals surface area contributed by atoms with Crippen LogP contribution in [0.25, 0.3) is 11.3 Å². The molecule has 35 heavy (non-hydrogen) atoms. The average Bonchev–Trinajstić information content (AvgIpc) is 2.84. The second-order valence-corrected chi connectivity index (χ2v) is 7.54. The Morgan fingerprint density at radius 1 is 0.971 bits per heavy atom. The fourth-order valence-corrected chi connectivity index (χ4v) is 3.08. The summed E-state index contributed by atoms with van der Waals surface area (Å²) in [6.45, 7) is 0.463. The third kappa shape index (κ3) is 7.41. The first-order chi connectivity index (χ1) is 16.8. The molecule has 0 saturated heterocycles. The molecule has 0 aliphatic heterocycles. The normalized spacial score (nSPS) is 11.4. The summed E-state index contributed by atoms with van der Waals surface area (Å²) in [6, 6.07) is 20.2. The first kappa shape index (κ1) is 24.0. The molecule has 2 aromatic heterocycles. The molecule has 2 aromatic carbocycles. The van der Waals surface area contributed by atoms with Gasteiger partial charge in [0.1, 0.15) is 16.7 Å². The maximum absolute atomic E-state index is 12.3. The highest BCUT2D eigenvalue weighted by Crippen LogP contribution is 2.23. The van der Waals surface area contributed by atoms with Gasteiger partial charge in [0.25, 0.3) is 0 Å². The first-order valence-electron chi connectivity index (χ1n) is 10.3. The Hall–Kier alpha value is -4.18. The number of nitrogens with zero attached hydrogens (tertiary/aromatic N) is 4. The molecule has 0 amide bonds. The number of alkyl halides is 3. The Morgan fingerprint density at radius 2 is 1.74 bits per heavy atom. The second-order valence-electron chi connectivity index (χ2n) is 7.16. The number of rotatable bonds is 8. The van der Waals surface area contributed by atoms with Crippen LogP contribution in [0.1, 0.15) is 11.1 Å². The topological polar surface area (TPSA) is 84.3 Å². The molecule has 0 unspecified atom stereocenters. The third-order valence-corrected chi connectivity index (χ3v) is 4.77. The van der Waals surface area contributed by atoms with Crippen LogP contribution >= 0.6 is 11.6 Å². The largest absolute Gasteiger partial charge is 0.573 e. The highest BCUT2D eigenvalue weighted by molar-refractivity contribution is 6.29. The number of halogens is 4. The molecule has 178 valence electrons. The number of benzene rings is 2. The standard InChI is InChI=1S/C24H18ClF3N6O/c25-21-11-8-17(13-29-21)14-30-22-12-20(18-4-2-1-3-5-18)32-23(33-22)34-31-15-16-6-9-19(10-7-16)35-24(26,27)28/h1-13,15H,14H2,(H2,30,32,33,34)/b31-15-. The van der Waals surface area contributed by atoms with Gasteiger partial charge >= 0.3 is 6.36 Å². The van der Waals surface area contributed by atoms with E-state index in [2.05, 4.69) is 35.5 Å². The summed E-state index contributed by atoms with van der Waals surface area (Å²) < 4.78 is 40.8. The van der Waals surface area contributed by atoms with E-state index in [0.29, 0.717) is 28.8 Å². The summed E-state index contributed by atoms with van der Waals surface area (Å²) in [5, 5.41) is 7.75. The van der Waals surface area contributed by atoms with Crippen molar-refractivity contribution in [2.75, 3.05) is 10.7 Å². The summed E-state index contributed by atoms with van der Waals surface area (Å²) in [6.07, 6.45) is -1.64. The van der Waals surface area contributed by atoms with Gasteiger partial charge in [-0.05, 0) is 41.5 Å². The number of aromatic nitrogens is 3. The summed E-state index contributed by atoms with van der Waals surface area (Å²) in [7, 11) is 0. The van der Waals surface area contributed by atoms with Gasteiger partial charge in [0, 0.05) is 24.4 Å². The van der Waals surface area contributed by atoms with Crippen LogP contribution in [0.5, 0.6) is 5.75 Å². The van der Waals surface area contributed by atoms with Gasteiger partial charge in [0.15, 0.2) is 0 Å². The Balaban J connectivity index is 1.49. The smallest absolute Gasteiger partial charge is 0.406 e. The molecule has 0 bridgehead atoms. The molecule has 0 radical (unpaired) electrons. The zero-order valence-electron chi connectivity index (χ0n) is 18.0. The Kier molecular flexibility index (Phi) is 7.41. The van der Waals surface area contributed by atoms with Crippen molar-refractivity contribution in [3.8, 4) is 17.0 Å². The number of ether oxygens (including phenoxy) is 1. The van der Waals surface area contributed by atoms with Gasteiger partial charge in [-0.3, -0.25) is 0 Å². The predicted molar refractivity (Wildman–Crippen MR) is 128 cm³/mol. The highest BCUT2D eigenvalue weighted by Gasteiger charge is 2.30. The van der Waals surface area contributed by atoms with E-state index in [0.717, 1.165) is 11.1 Å². The van der Waals surface area contributed by atoms with Crippen molar-refractivity contribution in [2.24, 2.45) is 5.10 Å². The minimum atomic E-state index is -4.74. The molecule has 7 nitrogen and oxygen atoms in total. The number of nitrogens with one attached hydrogen (secondary N) is 2. The minimum Gasteiger partial charge on any atom is -0.406 e. The SMILES string of the molecule is FC(F)(F)Oc1ccc(/C=N\Nc2nc(NCc3ccc(Cl)nc3)cc(-c3ccccc3)n2)cc1. The maximum Gasteiger partial charge on any atom is 0.573 e. The van der Waals surface area contributed by atoms with Crippen molar-refractivity contribution in [1.29, 1.82) is 0 Å². The Labute approximate surface area is 203 Å².